The Balaban J connectivity index is 2.06. The van der Waals surface area contributed by atoms with Crippen molar-refractivity contribution in [3.63, 3.8) is 0 Å². The van der Waals surface area contributed by atoms with Gasteiger partial charge in [-0.15, -0.1) is 11.3 Å². The second kappa shape index (κ2) is 6.93. The van der Waals surface area contributed by atoms with Gasteiger partial charge in [-0.1, -0.05) is 29.3 Å². The predicted octanol–water partition coefficient (Wildman–Crippen LogP) is 6.05. The molecule has 126 valence electrons. The number of halogens is 2. The third-order valence-electron chi connectivity index (χ3n) is 3.91. The van der Waals surface area contributed by atoms with Crippen LogP contribution in [0.1, 0.15) is 5.56 Å². The number of nitriles is 1. The number of H-pyrrole nitrogens is 1. The number of hydrogen-bond donors (Lipinski definition) is 1. The minimum atomic E-state index is 0.494. The quantitative estimate of drug-likeness (QED) is 0.458. The Kier molecular flexibility index (Phi) is 4.48. The Morgan fingerprint density at radius 1 is 1.04 bits per heavy atom. The fourth-order valence-corrected chi connectivity index (χ4v) is 4.51. The van der Waals surface area contributed by atoms with Crippen LogP contribution in [0.4, 0.5) is 0 Å². The maximum atomic E-state index is 9.92. The van der Waals surface area contributed by atoms with Crippen molar-refractivity contribution in [3.05, 3.63) is 70.9 Å². The summed E-state index contributed by atoms with van der Waals surface area (Å²) in [5.41, 5.74) is 3.85. The lowest BCUT2D eigenvalue weighted by molar-refractivity contribution is 1.32. The molecular formula is C19H10Cl2N4S. The predicted molar refractivity (Wildman–Crippen MR) is 105 cm³/mol. The van der Waals surface area contributed by atoms with Crippen molar-refractivity contribution in [2.45, 2.75) is 0 Å². The van der Waals surface area contributed by atoms with E-state index < -0.39 is 0 Å². The van der Waals surface area contributed by atoms with E-state index in [1.165, 1.54) is 11.3 Å². The van der Waals surface area contributed by atoms with Gasteiger partial charge in [0.1, 0.15) is 6.07 Å². The second-order valence-corrected chi connectivity index (χ2v) is 7.31. The Labute approximate surface area is 163 Å². The molecule has 0 saturated heterocycles. The molecule has 4 aromatic rings. The molecule has 26 heavy (non-hydrogen) atoms. The van der Waals surface area contributed by atoms with Gasteiger partial charge in [0.25, 0.3) is 0 Å². The maximum Gasteiger partial charge on any atom is 0.101 e. The zero-order chi connectivity index (χ0) is 18.1. The van der Waals surface area contributed by atoms with Crippen LogP contribution in [-0.2, 0) is 0 Å². The number of nitrogens with zero attached hydrogens (tertiary/aromatic N) is 3. The van der Waals surface area contributed by atoms with Gasteiger partial charge >= 0.3 is 0 Å². The second-order valence-electron chi connectivity index (χ2n) is 5.45. The Hall–Kier alpha value is -2.65. The Morgan fingerprint density at radius 3 is 2.50 bits per heavy atom. The van der Waals surface area contributed by atoms with E-state index in [4.69, 9.17) is 23.2 Å². The van der Waals surface area contributed by atoms with Crippen molar-refractivity contribution < 1.29 is 0 Å². The van der Waals surface area contributed by atoms with Crippen LogP contribution >= 0.6 is 34.5 Å². The highest BCUT2D eigenvalue weighted by Gasteiger charge is 2.24. The molecule has 0 unspecified atom stereocenters. The molecule has 3 heterocycles. The summed E-state index contributed by atoms with van der Waals surface area (Å²) >= 11 is 14.0. The highest BCUT2D eigenvalue weighted by atomic mass is 35.5. The normalized spacial score (nSPS) is 10.7. The van der Waals surface area contributed by atoms with Crippen LogP contribution < -0.4 is 0 Å². The lowest BCUT2D eigenvalue weighted by Crippen LogP contribution is -1.86. The van der Waals surface area contributed by atoms with E-state index in [1.54, 1.807) is 37.1 Å². The third-order valence-corrected chi connectivity index (χ3v) is 5.73. The van der Waals surface area contributed by atoms with Gasteiger partial charge in [0, 0.05) is 33.6 Å². The fourth-order valence-electron chi connectivity index (χ4n) is 2.76. The fraction of sp³-hybridized carbons (Fsp3) is 0. The number of aromatic nitrogens is 3. The van der Waals surface area contributed by atoms with E-state index >= 15 is 0 Å². The zero-order valence-electron chi connectivity index (χ0n) is 13.2. The number of benzene rings is 1. The van der Waals surface area contributed by atoms with E-state index in [0.29, 0.717) is 15.6 Å². The Bertz CT molecular complexity index is 1110. The molecule has 0 aliphatic carbocycles. The van der Waals surface area contributed by atoms with Crippen molar-refractivity contribution in [2.75, 3.05) is 0 Å². The highest BCUT2D eigenvalue weighted by molar-refractivity contribution is 7.19. The van der Waals surface area contributed by atoms with Crippen LogP contribution in [0.25, 0.3) is 32.1 Å². The number of thiophene rings is 1. The van der Waals surface area contributed by atoms with Gasteiger partial charge in [-0.2, -0.15) is 5.26 Å². The molecule has 4 nitrogen and oxygen atoms in total. The van der Waals surface area contributed by atoms with Gasteiger partial charge in [0.2, 0.25) is 0 Å². The molecule has 0 amide bonds. The summed E-state index contributed by atoms with van der Waals surface area (Å²) < 4.78 is 0. The van der Waals surface area contributed by atoms with Crippen molar-refractivity contribution in [2.24, 2.45) is 0 Å². The average molecular weight is 397 g/mol. The first kappa shape index (κ1) is 16.8. The molecule has 0 aliphatic rings. The molecule has 7 heteroatoms. The van der Waals surface area contributed by atoms with E-state index in [2.05, 4.69) is 21.0 Å². The zero-order valence-corrected chi connectivity index (χ0v) is 15.5. The highest BCUT2D eigenvalue weighted by Crippen LogP contribution is 2.48. The number of pyridine rings is 1. The molecule has 1 N–H and O–H groups in total. The minimum Gasteiger partial charge on any atom is -0.344 e. The van der Waals surface area contributed by atoms with E-state index in [-0.39, 0.29) is 0 Å². The van der Waals surface area contributed by atoms with Crippen molar-refractivity contribution in [1.82, 2.24) is 15.0 Å². The number of imidazole rings is 1. The molecule has 1 aromatic carbocycles. The summed E-state index contributed by atoms with van der Waals surface area (Å²) in [5.74, 6) is 0. The van der Waals surface area contributed by atoms with Crippen LogP contribution in [0, 0.1) is 11.3 Å². The molecule has 0 atom stereocenters. The topological polar surface area (TPSA) is 65.4 Å². The smallest absolute Gasteiger partial charge is 0.101 e. The van der Waals surface area contributed by atoms with Crippen LogP contribution in [0.2, 0.25) is 10.0 Å². The summed E-state index contributed by atoms with van der Waals surface area (Å²) in [7, 11) is 0. The van der Waals surface area contributed by atoms with Gasteiger partial charge in [0.15, 0.2) is 0 Å². The van der Waals surface area contributed by atoms with E-state index in [0.717, 1.165) is 32.1 Å². The SMILES string of the molecule is N#Cc1c(-c2ccncc2)sc(-c2cnc[nH]2)c1-c1ccc(Cl)cc1Cl. The first-order valence-electron chi connectivity index (χ1n) is 7.60. The number of nitrogens with one attached hydrogen (secondary N) is 1. The van der Waals surface area contributed by atoms with Gasteiger partial charge in [-0.3, -0.25) is 4.98 Å². The molecule has 0 fully saturated rings. The van der Waals surface area contributed by atoms with Crippen LogP contribution in [0.15, 0.2) is 55.2 Å². The first-order chi connectivity index (χ1) is 12.7. The summed E-state index contributed by atoms with van der Waals surface area (Å²) in [6.45, 7) is 0. The molecule has 3 aromatic heterocycles. The number of aromatic amines is 1. The standard InChI is InChI=1S/C19H10Cl2N4S/c20-12-1-2-13(15(21)7-12)17-14(8-22)18(11-3-5-23-6-4-11)26-19(17)16-9-24-10-25-16/h1-7,9-10H,(H,24,25). The monoisotopic (exact) mass is 396 g/mol. The molecule has 0 radical (unpaired) electrons. The van der Waals surface area contributed by atoms with Gasteiger partial charge in [-0.05, 0) is 29.8 Å². The lowest BCUT2D eigenvalue weighted by atomic mass is 9.98. The number of rotatable bonds is 3. The van der Waals surface area contributed by atoms with E-state index in [9.17, 15) is 5.26 Å². The summed E-state index contributed by atoms with van der Waals surface area (Å²) in [4.78, 5) is 13.0. The number of hydrogen-bond acceptors (Lipinski definition) is 4. The first-order valence-corrected chi connectivity index (χ1v) is 9.17. The average Bonchev–Trinajstić information content (AvgIpc) is 3.30. The third kappa shape index (κ3) is 2.89. The van der Waals surface area contributed by atoms with Crippen molar-refractivity contribution >= 4 is 34.5 Å². The molecule has 0 aliphatic heterocycles. The molecule has 0 saturated carbocycles. The molecular weight excluding hydrogens is 387 g/mol. The molecule has 0 bridgehead atoms. The van der Waals surface area contributed by atoms with Crippen LogP contribution in [-0.4, -0.2) is 15.0 Å². The molecule has 0 spiro atoms. The van der Waals surface area contributed by atoms with Gasteiger partial charge in [0.05, 0.1) is 33.5 Å². The summed E-state index contributed by atoms with van der Waals surface area (Å²) in [5, 5.41) is 11.0. The van der Waals surface area contributed by atoms with Crippen molar-refractivity contribution in [3.8, 4) is 38.2 Å². The van der Waals surface area contributed by atoms with Crippen LogP contribution in [0.5, 0.6) is 0 Å². The summed E-state index contributed by atoms with van der Waals surface area (Å²) in [6, 6.07) is 11.4. The molecule has 4 rings (SSSR count). The van der Waals surface area contributed by atoms with E-state index in [1.807, 2.05) is 18.2 Å². The van der Waals surface area contributed by atoms with Crippen LogP contribution in [0.3, 0.4) is 0 Å². The van der Waals surface area contributed by atoms with Gasteiger partial charge < -0.3 is 4.98 Å². The lowest BCUT2D eigenvalue weighted by Gasteiger charge is -2.07. The summed E-state index contributed by atoms with van der Waals surface area (Å²) in [6.07, 6.45) is 6.76. The van der Waals surface area contributed by atoms with Crippen molar-refractivity contribution in [1.29, 1.82) is 5.26 Å². The minimum absolute atomic E-state index is 0.494. The van der Waals surface area contributed by atoms with Gasteiger partial charge in [-0.25, -0.2) is 4.98 Å². The maximum absolute atomic E-state index is 9.92. The largest absolute Gasteiger partial charge is 0.344 e. The Morgan fingerprint density at radius 2 is 1.85 bits per heavy atom.